The van der Waals surface area contributed by atoms with Crippen LogP contribution in [-0.2, 0) is 4.79 Å². The maximum atomic E-state index is 13.5. The Morgan fingerprint density at radius 2 is 1.61 bits per heavy atom. The van der Waals surface area contributed by atoms with Crippen molar-refractivity contribution in [1.82, 2.24) is 9.78 Å². The molecule has 1 aliphatic rings. The van der Waals surface area contributed by atoms with E-state index in [1.165, 1.54) is 6.20 Å². The SMILES string of the molecule is CC(C)N(c1nn(-c2ccc(/C=C/c3ccccc3)cc2)cc1OC(=O)O)C(=O)[C@H]1CC[C@H](C)CC1. The average molecular weight is 488 g/mol. The first-order valence-corrected chi connectivity index (χ1v) is 12.5. The van der Waals surface area contributed by atoms with Gasteiger partial charge in [-0.3, -0.25) is 9.69 Å². The summed E-state index contributed by atoms with van der Waals surface area (Å²) in [7, 11) is 0. The molecule has 2 aromatic carbocycles. The molecule has 1 amide bonds. The number of carbonyl (C=O) groups excluding carboxylic acids is 1. The number of amides is 1. The fraction of sp³-hybridized carbons (Fsp3) is 0.345. The molecule has 7 heteroatoms. The minimum atomic E-state index is -1.44. The molecule has 0 unspecified atom stereocenters. The van der Waals surface area contributed by atoms with Gasteiger partial charge in [0.2, 0.25) is 11.7 Å². The van der Waals surface area contributed by atoms with Gasteiger partial charge in [0.05, 0.1) is 11.9 Å². The van der Waals surface area contributed by atoms with Crippen LogP contribution < -0.4 is 9.64 Å². The van der Waals surface area contributed by atoms with Crippen LogP contribution in [0.15, 0.2) is 60.8 Å². The van der Waals surface area contributed by atoms with Crippen LogP contribution in [0.4, 0.5) is 10.6 Å². The van der Waals surface area contributed by atoms with Crippen molar-refractivity contribution in [3.05, 3.63) is 71.9 Å². The van der Waals surface area contributed by atoms with E-state index < -0.39 is 6.16 Å². The van der Waals surface area contributed by atoms with Crippen LogP contribution >= 0.6 is 0 Å². The summed E-state index contributed by atoms with van der Waals surface area (Å²) >= 11 is 0. The second kappa shape index (κ2) is 11.2. The maximum Gasteiger partial charge on any atom is 0.511 e. The van der Waals surface area contributed by atoms with Crippen molar-refractivity contribution in [2.24, 2.45) is 11.8 Å². The molecule has 188 valence electrons. The average Bonchev–Trinajstić information content (AvgIpc) is 3.26. The predicted octanol–water partition coefficient (Wildman–Crippen LogP) is 6.67. The lowest BCUT2D eigenvalue weighted by Gasteiger charge is -2.32. The minimum Gasteiger partial charge on any atom is -0.449 e. The molecule has 36 heavy (non-hydrogen) atoms. The zero-order valence-electron chi connectivity index (χ0n) is 21.0. The Kier molecular flexibility index (Phi) is 7.88. The highest BCUT2D eigenvalue weighted by Crippen LogP contribution is 2.35. The van der Waals surface area contributed by atoms with Gasteiger partial charge in [0.1, 0.15) is 0 Å². The fourth-order valence-corrected chi connectivity index (χ4v) is 4.62. The first-order valence-electron chi connectivity index (χ1n) is 12.5. The molecule has 1 fully saturated rings. The lowest BCUT2D eigenvalue weighted by Crippen LogP contribution is -2.42. The number of hydrogen-bond donors (Lipinski definition) is 1. The number of carbonyl (C=O) groups is 2. The molecule has 0 radical (unpaired) electrons. The van der Waals surface area contributed by atoms with E-state index in [4.69, 9.17) is 4.74 Å². The molecule has 0 spiro atoms. The summed E-state index contributed by atoms with van der Waals surface area (Å²) in [6.45, 7) is 6.02. The number of carboxylic acid groups (broad SMARTS) is 1. The molecule has 1 aliphatic carbocycles. The molecule has 3 aromatic rings. The first-order chi connectivity index (χ1) is 17.3. The van der Waals surface area contributed by atoms with Gasteiger partial charge >= 0.3 is 6.16 Å². The van der Waals surface area contributed by atoms with Crippen molar-refractivity contribution in [2.45, 2.75) is 52.5 Å². The Balaban J connectivity index is 1.61. The van der Waals surface area contributed by atoms with Gasteiger partial charge in [0.25, 0.3) is 0 Å². The number of benzene rings is 2. The normalized spacial score (nSPS) is 17.9. The van der Waals surface area contributed by atoms with Gasteiger partial charge in [-0.25, -0.2) is 9.48 Å². The van der Waals surface area contributed by atoms with Gasteiger partial charge < -0.3 is 9.84 Å². The van der Waals surface area contributed by atoms with Gasteiger partial charge in [0.15, 0.2) is 5.75 Å². The summed E-state index contributed by atoms with van der Waals surface area (Å²) in [6.07, 6.45) is 7.83. The van der Waals surface area contributed by atoms with E-state index in [-0.39, 0.29) is 29.4 Å². The quantitative estimate of drug-likeness (QED) is 0.297. The van der Waals surface area contributed by atoms with E-state index in [9.17, 15) is 14.7 Å². The van der Waals surface area contributed by atoms with E-state index in [1.54, 1.807) is 9.58 Å². The smallest absolute Gasteiger partial charge is 0.449 e. The number of aromatic nitrogens is 2. The number of ether oxygens (including phenoxy) is 1. The van der Waals surface area contributed by atoms with Crippen molar-refractivity contribution in [3.8, 4) is 11.4 Å². The molecule has 0 aliphatic heterocycles. The molecule has 1 aromatic heterocycles. The first kappa shape index (κ1) is 25.2. The summed E-state index contributed by atoms with van der Waals surface area (Å²) < 4.78 is 6.63. The summed E-state index contributed by atoms with van der Waals surface area (Å²) in [5, 5.41) is 14.0. The molecule has 1 N–H and O–H groups in total. The van der Waals surface area contributed by atoms with E-state index in [2.05, 4.69) is 12.0 Å². The summed E-state index contributed by atoms with van der Waals surface area (Å²) in [6, 6.07) is 17.6. The van der Waals surface area contributed by atoms with E-state index in [0.29, 0.717) is 5.92 Å². The van der Waals surface area contributed by atoms with Crippen molar-refractivity contribution in [2.75, 3.05) is 4.90 Å². The number of rotatable bonds is 7. The number of nitrogens with zero attached hydrogens (tertiary/aromatic N) is 3. The summed E-state index contributed by atoms with van der Waals surface area (Å²) in [4.78, 5) is 26.5. The van der Waals surface area contributed by atoms with Crippen molar-refractivity contribution >= 4 is 30.0 Å². The van der Waals surface area contributed by atoms with Crippen LogP contribution in [-0.4, -0.2) is 33.0 Å². The summed E-state index contributed by atoms with van der Waals surface area (Å²) in [5.41, 5.74) is 2.86. The minimum absolute atomic E-state index is 0.0289. The second-order valence-electron chi connectivity index (χ2n) is 9.72. The lowest BCUT2D eigenvalue weighted by molar-refractivity contribution is -0.124. The second-order valence-corrected chi connectivity index (χ2v) is 9.72. The molecule has 0 atom stereocenters. The highest BCUT2D eigenvalue weighted by molar-refractivity contribution is 5.96. The van der Waals surface area contributed by atoms with E-state index in [1.807, 2.05) is 80.6 Å². The summed E-state index contributed by atoms with van der Waals surface area (Å²) in [5.74, 6) is 0.768. The zero-order chi connectivity index (χ0) is 25.7. The molecule has 0 saturated heterocycles. The topological polar surface area (TPSA) is 84.7 Å². The van der Waals surface area contributed by atoms with Crippen LogP contribution in [0.2, 0.25) is 0 Å². The number of hydrogen-bond acceptors (Lipinski definition) is 4. The van der Waals surface area contributed by atoms with Gasteiger partial charge in [-0.1, -0.05) is 61.5 Å². The van der Waals surface area contributed by atoms with Crippen LogP contribution in [0.3, 0.4) is 0 Å². The molecule has 7 nitrogen and oxygen atoms in total. The molecule has 0 bridgehead atoms. The Morgan fingerprint density at radius 1 is 1.00 bits per heavy atom. The zero-order valence-corrected chi connectivity index (χ0v) is 21.0. The molecule has 1 heterocycles. The van der Waals surface area contributed by atoms with Crippen molar-refractivity contribution in [3.63, 3.8) is 0 Å². The maximum absolute atomic E-state index is 13.5. The third-order valence-corrected chi connectivity index (χ3v) is 6.63. The van der Waals surface area contributed by atoms with Gasteiger partial charge in [-0.2, -0.15) is 0 Å². The van der Waals surface area contributed by atoms with Crippen LogP contribution in [0.1, 0.15) is 57.6 Å². The van der Waals surface area contributed by atoms with Crippen molar-refractivity contribution < 1.29 is 19.4 Å². The van der Waals surface area contributed by atoms with E-state index in [0.717, 1.165) is 42.5 Å². The van der Waals surface area contributed by atoms with Gasteiger partial charge in [-0.15, -0.1) is 5.10 Å². The van der Waals surface area contributed by atoms with Crippen LogP contribution in [0, 0.1) is 11.8 Å². The predicted molar refractivity (Wildman–Crippen MR) is 141 cm³/mol. The Bertz CT molecular complexity index is 1210. The van der Waals surface area contributed by atoms with Gasteiger partial charge in [0, 0.05) is 12.0 Å². The standard InChI is InChI=1S/C29H33N3O4/c1-20(2)32(28(33)24-15-9-21(3)10-16-24)27-26(36-29(34)35)19-31(30-27)25-17-13-23(14-18-25)12-11-22-7-5-4-6-8-22/h4-8,11-14,17-21,24H,9-10,15-16H2,1-3H3,(H,34,35)/b12-11+/t21-,24-. The third kappa shape index (κ3) is 6.03. The Morgan fingerprint density at radius 3 is 2.19 bits per heavy atom. The van der Waals surface area contributed by atoms with Crippen LogP contribution in [0.25, 0.3) is 17.8 Å². The molecule has 4 rings (SSSR count). The molecular formula is C29H33N3O4. The molecular weight excluding hydrogens is 454 g/mol. The van der Waals surface area contributed by atoms with E-state index >= 15 is 0 Å². The third-order valence-electron chi connectivity index (χ3n) is 6.63. The molecule has 1 saturated carbocycles. The fourth-order valence-electron chi connectivity index (χ4n) is 4.62. The lowest BCUT2D eigenvalue weighted by atomic mass is 9.82. The van der Waals surface area contributed by atoms with Crippen molar-refractivity contribution in [1.29, 1.82) is 0 Å². The Hall–Kier alpha value is -3.87. The highest BCUT2D eigenvalue weighted by Gasteiger charge is 2.34. The highest BCUT2D eigenvalue weighted by atomic mass is 16.7. The largest absolute Gasteiger partial charge is 0.511 e. The van der Waals surface area contributed by atoms with Crippen LogP contribution in [0.5, 0.6) is 5.75 Å². The Labute approximate surface area is 212 Å². The monoisotopic (exact) mass is 487 g/mol. The van der Waals surface area contributed by atoms with Gasteiger partial charge in [-0.05, 0) is 68.7 Å². The number of anilines is 1.